The summed E-state index contributed by atoms with van der Waals surface area (Å²) in [4.78, 5) is 24.3. The van der Waals surface area contributed by atoms with E-state index >= 15 is 0 Å². The molecule has 1 heterocycles. The van der Waals surface area contributed by atoms with Crippen LogP contribution in [-0.4, -0.2) is 28.9 Å². The minimum Gasteiger partial charge on any atom is -0.478 e. The van der Waals surface area contributed by atoms with Crippen LogP contribution >= 0.6 is 15.9 Å². The van der Waals surface area contributed by atoms with Crippen molar-refractivity contribution in [3.63, 3.8) is 0 Å². The first kappa shape index (κ1) is 14.3. The molecule has 0 saturated carbocycles. The summed E-state index contributed by atoms with van der Waals surface area (Å²) in [6, 6.07) is 8.81. The van der Waals surface area contributed by atoms with E-state index in [9.17, 15) is 9.59 Å². The SMILES string of the molecule is CN(Cc1ccc(Br)cc1)C(=O)c1cc(C(=O)O)co1. The molecule has 0 saturated heterocycles. The molecule has 0 bridgehead atoms. The number of furan rings is 1. The van der Waals surface area contributed by atoms with Gasteiger partial charge in [0.2, 0.25) is 0 Å². The fraction of sp³-hybridized carbons (Fsp3) is 0.143. The quantitative estimate of drug-likeness (QED) is 0.930. The minimum absolute atomic E-state index is 0.0158. The number of carbonyl (C=O) groups is 2. The third kappa shape index (κ3) is 3.27. The smallest absolute Gasteiger partial charge is 0.338 e. The molecular formula is C14H12BrNO4. The molecule has 5 nitrogen and oxygen atoms in total. The summed E-state index contributed by atoms with van der Waals surface area (Å²) < 4.78 is 5.95. The zero-order valence-electron chi connectivity index (χ0n) is 10.7. The zero-order chi connectivity index (χ0) is 14.7. The second-order valence-corrected chi connectivity index (χ2v) is 5.21. The van der Waals surface area contributed by atoms with E-state index < -0.39 is 5.97 Å². The standard InChI is InChI=1S/C14H12BrNO4/c1-16(7-9-2-4-11(15)5-3-9)13(17)12-6-10(8-20-12)14(18)19/h2-6,8H,7H2,1H3,(H,18,19). The van der Waals surface area contributed by atoms with Crippen LogP contribution in [-0.2, 0) is 6.54 Å². The average molecular weight is 338 g/mol. The van der Waals surface area contributed by atoms with E-state index in [1.807, 2.05) is 24.3 Å². The van der Waals surface area contributed by atoms with Gasteiger partial charge in [0.1, 0.15) is 6.26 Å². The number of nitrogens with zero attached hydrogens (tertiary/aromatic N) is 1. The van der Waals surface area contributed by atoms with Gasteiger partial charge in [-0.3, -0.25) is 4.79 Å². The van der Waals surface area contributed by atoms with Crippen molar-refractivity contribution in [2.24, 2.45) is 0 Å². The molecule has 2 aromatic rings. The number of hydrogen-bond donors (Lipinski definition) is 1. The van der Waals surface area contributed by atoms with Crippen molar-refractivity contribution in [3.8, 4) is 0 Å². The van der Waals surface area contributed by atoms with Crippen molar-refractivity contribution in [2.75, 3.05) is 7.05 Å². The Kier molecular flexibility index (Phi) is 4.24. The van der Waals surface area contributed by atoms with Crippen LogP contribution in [0.25, 0.3) is 0 Å². The molecule has 0 spiro atoms. The van der Waals surface area contributed by atoms with E-state index in [1.54, 1.807) is 7.05 Å². The molecule has 1 aromatic carbocycles. The molecule has 0 unspecified atom stereocenters. The molecule has 6 heteroatoms. The van der Waals surface area contributed by atoms with Crippen LogP contribution in [0.3, 0.4) is 0 Å². The lowest BCUT2D eigenvalue weighted by Crippen LogP contribution is -2.25. The van der Waals surface area contributed by atoms with Crippen molar-refractivity contribution >= 4 is 27.8 Å². The van der Waals surface area contributed by atoms with Crippen LogP contribution < -0.4 is 0 Å². The maximum Gasteiger partial charge on any atom is 0.338 e. The molecule has 0 aliphatic carbocycles. The van der Waals surface area contributed by atoms with Crippen LogP contribution in [0.1, 0.15) is 26.5 Å². The number of amides is 1. The molecule has 1 aromatic heterocycles. The van der Waals surface area contributed by atoms with Gasteiger partial charge >= 0.3 is 5.97 Å². The topological polar surface area (TPSA) is 70.8 Å². The van der Waals surface area contributed by atoms with Crippen LogP contribution in [0.5, 0.6) is 0 Å². The summed E-state index contributed by atoms with van der Waals surface area (Å²) in [6.07, 6.45) is 1.06. The number of halogens is 1. The number of aromatic carboxylic acids is 1. The molecule has 1 N–H and O–H groups in total. The Balaban J connectivity index is 2.07. The molecule has 20 heavy (non-hydrogen) atoms. The Labute approximate surface area is 123 Å². The number of carboxylic acid groups (broad SMARTS) is 1. The zero-order valence-corrected chi connectivity index (χ0v) is 12.3. The van der Waals surface area contributed by atoms with Gasteiger partial charge in [-0.2, -0.15) is 0 Å². The number of benzene rings is 1. The summed E-state index contributed by atoms with van der Waals surface area (Å²) in [6.45, 7) is 0.412. The third-order valence-electron chi connectivity index (χ3n) is 2.74. The minimum atomic E-state index is -1.12. The lowest BCUT2D eigenvalue weighted by molar-refractivity contribution is 0.0695. The lowest BCUT2D eigenvalue weighted by atomic mass is 10.2. The van der Waals surface area contributed by atoms with Gasteiger partial charge in [0.25, 0.3) is 5.91 Å². The monoisotopic (exact) mass is 337 g/mol. The molecule has 104 valence electrons. The number of rotatable bonds is 4. The molecule has 2 rings (SSSR count). The van der Waals surface area contributed by atoms with Crippen molar-refractivity contribution in [2.45, 2.75) is 6.54 Å². The van der Waals surface area contributed by atoms with Gasteiger partial charge in [0.15, 0.2) is 5.76 Å². The van der Waals surface area contributed by atoms with Crippen molar-refractivity contribution in [1.29, 1.82) is 0 Å². The highest BCUT2D eigenvalue weighted by Gasteiger charge is 2.18. The van der Waals surface area contributed by atoms with E-state index in [1.165, 1.54) is 11.0 Å². The van der Waals surface area contributed by atoms with E-state index in [2.05, 4.69) is 15.9 Å². The summed E-state index contributed by atoms with van der Waals surface area (Å²) in [5.74, 6) is -1.47. The van der Waals surface area contributed by atoms with Crippen molar-refractivity contribution < 1.29 is 19.1 Å². The normalized spacial score (nSPS) is 10.3. The van der Waals surface area contributed by atoms with E-state index in [0.717, 1.165) is 16.3 Å². The summed E-state index contributed by atoms with van der Waals surface area (Å²) in [7, 11) is 1.63. The summed E-state index contributed by atoms with van der Waals surface area (Å²) in [5.41, 5.74) is 0.930. The van der Waals surface area contributed by atoms with Gasteiger partial charge < -0.3 is 14.4 Å². The number of carboxylic acids is 1. The second-order valence-electron chi connectivity index (χ2n) is 4.29. The highest BCUT2D eigenvalue weighted by atomic mass is 79.9. The predicted molar refractivity (Wildman–Crippen MR) is 75.6 cm³/mol. The first-order valence-electron chi connectivity index (χ1n) is 5.79. The third-order valence-corrected chi connectivity index (χ3v) is 3.27. The van der Waals surface area contributed by atoms with Crippen molar-refractivity contribution in [1.82, 2.24) is 4.90 Å². The Morgan fingerprint density at radius 2 is 1.95 bits per heavy atom. The van der Waals surface area contributed by atoms with Gasteiger partial charge in [-0.05, 0) is 17.7 Å². The fourth-order valence-corrected chi connectivity index (χ4v) is 1.95. The molecule has 0 atom stereocenters. The van der Waals surface area contributed by atoms with Crippen LogP contribution in [0.2, 0.25) is 0 Å². The van der Waals surface area contributed by atoms with Gasteiger partial charge in [0.05, 0.1) is 5.56 Å². The molecule has 0 aliphatic heterocycles. The van der Waals surface area contributed by atoms with Gasteiger partial charge in [0, 0.05) is 24.1 Å². The molecule has 0 fully saturated rings. The second kappa shape index (κ2) is 5.92. The van der Waals surface area contributed by atoms with Gasteiger partial charge in [-0.25, -0.2) is 4.79 Å². The Hall–Kier alpha value is -2.08. The number of carbonyl (C=O) groups excluding carboxylic acids is 1. The molecule has 1 amide bonds. The van der Waals surface area contributed by atoms with E-state index in [-0.39, 0.29) is 17.2 Å². The largest absolute Gasteiger partial charge is 0.478 e. The Morgan fingerprint density at radius 1 is 1.30 bits per heavy atom. The number of hydrogen-bond acceptors (Lipinski definition) is 3. The highest BCUT2D eigenvalue weighted by Crippen LogP contribution is 2.14. The molecule has 0 aliphatic rings. The summed E-state index contributed by atoms with van der Waals surface area (Å²) in [5, 5.41) is 8.79. The first-order valence-corrected chi connectivity index (χ1v) is 6.58. The van der Waals surface area contributed by atoms with E-state index in [0.29, 0.717) is 6.54 Å². The summed E-state index contributed by atoms with van der Waals surface area (Å²) >= 11 is 3.34. The Morgan fingerprint density at radius 3 is 2.50 bits per heavy atom. The molecular weight excluding hydrogens is 326 g/mol. The maximum atomic E-state index is 12.1. The highest BCUT2D eigenvalue weighted by molar-refractivity contribution is 9.10. The average Bonchev–Trinajstić information content (AvgIpc) is 2.90. The fourth-order valence-electron chi connectivity index (χ4n) is 1.68. The van der Waals surface area contributed by atoms with Crippen LogP contribution in [0.4, 0.5) is 0 Å². The molecule has 0 radical (unpaired) electrons. The van der Waals surface area contributed by atoms with E-state index in [4.69, 9.17) is 9.52 Å². The van der Waals surface area contributed by atoms with Gasteiger partial charge in [-0.1, -0.05) is 28.1 Å². The lowest BCUT2D eigenvalue weighted by Gasteiger charge is -2.15. The maximum absolute atomic E-state index is 12.1. The Bertz CT molecular complexity index is 633. The van der Waals surface area contributed by atoms with Gasteiger partial charge in [-0.15, -0.1) is 0 Å². The first-order chi connectivity index (χ1) is 9.47. The van der Waals surface area contributed by atoms with Crippen LogP contribution in [0.15, 0.2) is 45.5 Å². The predicted octanol–water partition coefficient (Wildman–Crippen LogP) is 3.01. The van der Waals surface area contributed by atoms with Crippen LogP contribution in [0, 0.1) is 0 Å². The van der Waals surface area contributed by atoms with Crippen molar-refractivity contribution in [3.05, 3.63) is 58.0 Å².